The van der Waals surface area contributed by atoms with E-state index >= 15 is 0 Å². The van der Waals surface area contributed by atoms with Crippen molar-refractivity contribution in [3.05, 3.63) is 59.7 Å². The lowest BCUT2D eigenvalue weighted by atomic mass is 9.94. The molecule has 3 aromatic rings. The van der Waals surface area contributed by atoms with Gasteiger partial charge in [0.25, 0.3) is 0 Å². The first-order chi connectivity index (χ1) is 16.5. The molecule has 0 saturated carbocycles. The molecule has 176 valence electrons. The summed E-state index contributed by atoms with van der Waals surface area (Å²) in [6, 6.07) is 14.9. The smallest absolute Gasteiger partial charge is 0.231 e. The predicted octanol–water partition coefficient (Wildman–Crippen LogP) is 1.84. The van der Waals surface area contributed by atoms with Crippen molar-refractivity contribution in [3.8, 4) is 17.1 Å². The molecule has 1 saturated heterocycles. The van der Waals surface area contributed by atoms with Crippen LogP contribution in [-0.2, 0) is 17.8 Å². The monoisotopic (exact) mass is 460 g/mol. The highest BCUT2D eigenvalue weighted by molar-refractivity contribution is 5.73. The number of anilines is 2. The number of aromatic hydroxyl groups is 1. The highest BCUT2D eigenvalue weighted by Gasteiger charge is 2.30. The Balaban J connectivity index is 1.54. The zero-order valence-corrected chi connectivity index (χ0v) is 19.1. The Hall–Kier alpha value is -3.72. The largest absolute Gasteiger partial charge is 0.508 e. The van der Waals surface area contributed by atoms with Crippen molar-refractivity contribution in [2.24, 2.45) is 0 Å². The number of aliphatic hydroxyl groups is 1. The lowest BCUT2D eigenvalue weighted by molar-refractivity contribution is -0.129. The first-order valence-corrected chi connectivity index (χ1v) is 11.5. The molecular formula is C25H28N6O3. The molecule has 0 radical (unpaired) electrons. The highest BCUT2D eigenvalue weighted by atomic mass is 16.3. The van der Waals surface area contributed by atoms with Crippen LogP contribution in [-0.4, -0.2) is 74.8 Å². The number of rotatable bonds is 4. The minimum absolute atomic E-state index is 0.0197. The fraction of sp³-hybridized carbons (Fsp3) is 0.360. The van der Waals surface area contributed by atoms with E-state index in [2.05, 4.69) is 17.0 Å². The average molecular weight is 461 g/mol. The molecule has 0 bridgehead atoms. The first kappa shape index (κ1) is 22.1. The van der Waals surface area contributed by atoms with Crippen molar-refractivity contribution in [2.75, 3.05) is 42.6 Å². The number of amides is 1. The molecule has 1 fully saturated rings. The highest BCUT2D eigenvalue weighted by Crippen LogP contribution is 2.30. The van der Waals surface area contributed by atoms with Crippen LogP contribution in [0.15, 0.2) is 48.5 Å². The summed E-state index contributed by atoms with van der Waals surface area (Å²) in [7, 11) is 0. The van der Waals surface area contributed by atoms with E-state index in [1.54, 1.807) is 25.1 Å². The number of aromatic nitrogens is 3. The van der Waals surface area contributed by atoms with Crippen LogP contribution in [0, 0.1) is 0 Å². The number of nitrogens with zero attached hydrogens (tertiary/aromatic N) is 6. The number of carbonyl (C=O) groups is 1. The molecule has 9 nitrogen and oxygen atoms in total. The topological polar surface area (TPSA) is 106 Å². The summed E-state index contributed by atoms with van der Waals surface area (Å²) in [6.07, 6.45) is 0.701. The second-order valence-corrected chi connectivity index (χ2v) is 8.74. The third kappa shape index (κ3) is 4.38. The van der Waals surface area contributed by atoms with E-state index in [-0.39, 0.29) is 24.3 Å². The maximum absolute atomic E-state index is 11.8. The number of phenolic OH excluding ortho intramolecular Hbond substituents is 1. The van der Waals surface area contributed by atoms with Crippen molar-refractivity contribution in [2.45, 2.75) is 25.9 Å². The van der Waals surface area contributed by atoms with Gasteiger partial charge in [-0.1, -0.05) is 36.4 Å². The van der Waals surface area contributed by atoms with Gasteiger partial charge in [0, 0.05) is 45.2 Å². The number of carbonyl (C=O) groups excluding carboxylic acids is 1. The van der Waals surface area contributed by atoms with E-state index in [1.807, 2.05) is 28.0 Å². The molecule has 1 atom stereocenters. The molecule has 5 rings (SSSR count). The normalized spacial score (nSPS) is 18.1. The van der Waals surface area contributed by atoms with E-state index in [0.717, 1.165) is 0 Å². The lowest BCUT2D eigenvalue weighted by Crippen LogP contribution is -2.49. The number of phenols is 1. The van der Waals surface area contributed by atoms with Crippen molar-refractivity contribution >= 4 is 17.8 Å². The molecule has 1 amide bonds. The Bertz CT molecular complexity index is 1190. The van der Waals surface area contributed by atoms with Gasteiger partial charge in [0.05, 0.1) is 12.6 Å². The van der Waals surface area contributed by atoms with Crippen LogP contribution in [0.3, 0.4) is 0 Å². The summed E-state index contributed by atoms with van der Waals surface area (Å²) in [5, 5.41) is 20.2. The number of aliphatic hydroxyl groups excluding tert-OH is 1. The van der Waals surface area contributed by atoms with Gasteiger partial charge in [0.2, 0.25) is 17.8 Å². The fourth-order valence-electron chi connectivity index (χ4n) is 4.60. The van der Waals surface area contributed by atoms with Crippen molar-refractivity contribution in [1.29, 1.82) is 0 Å². The second kappa shape index (κ2) is 9.26. The van der Waals surface area contributed by atoms with Gasteiger partial charge in [0.15, 0.2) is 5.82 Å². The number of piperazine rings is 1. The molecule has 3 heterocycles. The van der Waals surface area contributed by atoms with Crippen LogP contribution in [0.4, 0.5) is 11.9 Å². The Morgan fingerprint density at radius 3 is 2.41 bits per heavy atom. The zero-order valence-electron chi connectivity index (χ0n) is 19.1. The molecular weight excluding hydrogens is 432 g/mol. The summed E-state index contributed by atoms with van der Waals surface area (Å²) in [5.74, 6) is 1.68. The van der Waals surface area contributed by atoms with Crippen molar-refractivity contribution in [3.63, 3.8) is 0 Å². The number of hydrogen-bond acceptors (Lipinski definition) is 8. The van der Waals surface area contributed by atoms with E-state index in [1.165, 1.54) is 11.1 Å². The van der Waals surface area contributed by atoms with E-state index in [9.17, 15) is 15.0 Å². The summed E-state index contributed by atoms with van der Waals surface area (Å²) >= 11 is 0. The molecule has 2 aliphatic heterocycles. The van der Waals surface area contributed by atoms with Crippen LogP contribution in [0.25, 0.3) is 11.4 Å². The summed E-state index contributed by atoms with van der Waals surface area (Å²) in [4.78, 5) is 32.0. The van der Waals surface area contributed by atoms with Gasteiger partial charge >= 0.3 is 0 Å². The van der Waals surface area contributed by atoms with Gasteiger partial charge in [-0.25, -0.2) is 0 Å². The molecule has 2 aliphatic rings. The third-order valence-corrected chi connectivity index (χ3v) is 6.55. The van der Waals surface area contributed by atoms with Gasteiger partial charge in [-0.05, 0) is 29.7 Å². The quantitative estimate of drug-likeness (QED) is 0.608. The van der Waals surface area contributed by atoms with E-state index in [4.69, 9.17) is 15.0 Å². The molecule has 2 aromatic carbocycles. The lowest BCUT2D eigenvalue weighted by Gasteiger charge is -2.37. The Morgan fingerprint density at radius 1 is 0.971 bits per heavy atom. The summed E-state index contributed by atoms with van der Waals surface area (Å²) < 4.78 is 0. The maximum Gasteiger partial charge on any atom is 0.231 e. The minimum atomic E-state index is -0.156. The minimum Gasteiger partial charge on any atom is -0.508 e. The average Bonchev–Trinajstić information content (AvgIpc) is 2.87. The Morgan fingerprint density at radius 2 is 1.71 bits per heavy atom. The number of hydrogen-bond donors (Lipinski definition) is 2. The van der Waals surface area contributed by atoms with Crippen LogP contribution in [0.5, 0.6) is 5.75 Å². The van der Waals surface area contributed by atoms with Crippen molar-refractivity contribution in [1.82, 2.24) is 19.9 Å². The van der Waals surface area contributed by atoms with Crippen molar-refractivity contribution < 1.29 is 15.0 Å². The second-order valence-electron chi connectivity index (χ2n) is 8.74. The molecule has 0 unspecified atom stereocenters. The van der Waals surface area contributed by atoms with Gasteiger partial charge < -0.3 is 24.9 Å². The Kier molecular flexibility index (Phi) is 6.02. The standard InChI is InChI=1S/C25H28N6O3/c1-17(33)29-9-11-30(12-10-29)24-26-23(19-7-4-8-22(34)14-19)27-25(28-24)31-15-20-6-3-2-5-18(20)13-21(31)16-32/h2-8,14,21,32,34H,9-13,15-16H2,1H3/t21-/m1/s1. The zero-order chi connectivity index (χ0) is 23.7. The molecule has 2 N–H and O–H groups in total. The maximum atomic E-state index is 11.8. The molecule has 1 aromatic heterocycles. The van der Waals surface area contributed by atoms with E-state index < -0.39 is 0 Å². The SMILES string of the molecule is CC(=O)N1CCN(c2nc(-c3cccc(O)c3)nc(N3Cc4ccccc4C[C@@H]3CO)n2)CC1. The Labute approximate surface area is 198 Å². The molecule has 0 spiro atoms. The van der Waals surface area contributed by atoms with Crippen LogP contribution in [0.2, 0.25) is 0 Å². The number of benzene rings is 2. The van der Waals surface area contributed by atoms with Gasteiger partial charge in [-0.15, -0.1) is 0 Å². The summed E-state index contributed by atoms with van der Waals surface area (Å²) in [6.45, 7) is 4.60. The van der Waals surface area contributed by atoms with Crippen LogP contribution >= 0.6 is 0 Å². The fourth-order valence-corrected chi connectivity index (χ4v) is 4.60. The van der Waals surface area contributed by atoms with Crippen LogP contribution < -0.4 is 9.80 Å². The van der Waals surface area contributed by atoms with Crippen LogP contribution in [0.1, 0.15) is 18.1 Å². The first-order valence-electron chi connectivity index (χ1n) is 11.5. The third-order valence-electron chi connectivity index (χ3n) is 6.55. The summed E-state index contributed by atoms with van der Waals surface area (Å²) in [5.41, 5.74) is 3.09. The van der Waals surface area contributed by atoms with E-state index in [0.29, 0.717) is 62.4 Å². The number of fused-ring (bicyclic) bond motifs is 1. The van der Waals surface area contributed by atoms with Gasteiger partial charge in [-0.3, -0.25) is 4.79 Å². The molecule has 9 heteroatoms. The molecule has 34 heavy (non-hydrogen) atoms. The van der Waals surface area contributed by atoms with Gasteiger partial charge in [-0.2, -0.15) is 15.0 Å². The van der Waals surface area contributed by atoms with Gasteiger partial charge in [0.1, 0.15) is 5.75 Å². The molecule has 0 aliphatic carbocycles. The predicted molar refractivity (Wildman–Crippen MR) is 129 cm³/mol.